The van der Waals surface area contributed by atoms with Crippen molar-refractivity contribution in [3.8, 4) is 0 Å². The number of hydrogen-bond donors (Lipinski definition) is 0. The van der Waals surface area contributed by atoms with E-state index in [0.717, 1.165) is 107 Å². The summed E-state index contributed by atoms with van der Waals surface area (Å²) in [5.74, 6) is 20.2. The van der Waals surface area contributed by atoms with Gasteiger partial charge in [-0.25, -0.2) is 0 Å². The van der Waals surface area contributed by atoms with Crippen LogP contribution in [0.2, 0.25) is 0 Å². The van der Waals surface area contributed by atoms with Crippen LogP contribution >= 0.6 is 0 Å². The van der Waals surface area contributed by atoms with Crippen molar-refractivity contribution in [2.45, 2.75) is 212 Å². The lowest BCUT2D eigenvalue weighted by Gasteiger charge is -2.53. The molecule has 0 aromatic rings. The van der Waals surface area contributed by atoms with E-state index < -0.39 is 0 Å². The third-order valence-electron chi connectivity index (χ3n) is 21.0. The van der Waals surface area contributed by atoms with Crippen LogP contribution in [0.5, 0.6) is 0 Å². The number of rotatable bonds is 5. The van der Waals surface area contributed by atoms with Crippen LogP contribution in [0.15, 0.2) is 0 Å². The maximum atomic E-state index is 1.71. The number of fused-ring (bicyclic) bond motifs is 5. The molecule has 0 aromatic heterocycles. The van der Waals surface area contributed by atoms with Gasteiger partial charge in [-0.1, -0.05) is 122 Å². The van der Waals surface area contributed by atoms with Gasteiger partial charge in [-0.15, -0.1) is 0 Å². The fraction of sp³-hybridized carbons (Fsp3) is 1.00. The predicted molar refractivity (Wildman–Crippen MR) is 215 cm³/mol. The van der Waals surface area contributed by atoms with Crippen molar-refractivity contribution in [1.82, 2.24) is 0 Å². The quantitative estimate of drug-likeness (QED) is 0.268. The maximum Gasteiger partial charge on any atom is -0.0321 e. The lowest BCUT2D eigenvalue weighted by atomic mass is 9.52. The van der Waals surface area contributed by atoms with Crippen LogP contribution in [0.25, 0.3) is 0 Å². The fourth-order valence-corrected chi connectivity index (χ4v) is 18.8. The van der Waals surface area contributed by atoms with Gasteiger partial charge in [0, 0.05) is 0 Å². The van der Waals surface area contributed by atoms with E-state index in [9.17, 15) is 0 Å². The molecule has 10 fully saturated rings. The highest BCUT2D eigenvalue weighted by Crippen LogP contribution is 2.65. The lowest BCUT2D eigenvalue weighted by molar-refractivity contribution is -0.0359. The smallest absolute Gasteiger partial charge is 0.0321 e. The molecule has 0 heterocycles. The summed E-state index contributed by atoms with van der Waals surface area (Å²) in [6, 6.07) is 0. The minimum absolute atomic E-state index is 1.11. The van der Waals surface area contributed by atoms with Crippen molar-refractivity contribution in [2.75, 3.05) is 0 Å². The zero-order chi connectivity index (χ0) is 33.7. The van der Waals surface area contributed by atoms with E-state index in [1.165, 1.54) is 6.42 Å². The van der Waals surface area contributed by atoms with Crippen LogP contribution < -0.4 is 0 Å². The van der Waals surface area contributed by atoms with Crippen molar-refractivity contribution < 1.29 is 0 Å². The summed E-state index contributed by atoms with van der Waals surface area (Å²) in [5.41, 5.74) is 0. The van der Waals surface area contributed by atoms with Crippen LogP contribution in [0.4, 0.5) is 0 Å². The van der Waals surface area contributed by atoms with Crippen LogP contribution in [0.1, 0.15) is 212 Å². The first-order valence-electron chi connectivity index (χ1n) is 25.2. The van der Waals surface area contributed by atoms with Gasteiger partial charge in [0.2, 0.25) is 0 Å². The molecular formula is C51H84. The molecule has 0 N–H and O–H groups in total. The second kappa shape index (κ2) is 15.9. The van der Waals surface area contributed by atoms with E-state index in [1.54, 1.807) is 205 Å². The first-order chi connectivity index (χ1) is 25.2. The van der Waals surface area contributed by atoms with E-state index >= 15 is 0 Å². The van der Waals surface area contributed by atoms with Crippen LogP contribution in [0, 0.1) is 107 Å². The highest BCUT2D eigenvalue weighted by atomic mass is 14.6. The summed E-state index contributed by atoms with van der Waals surface area (Å²) in [4.78, 5) is 0. The molecular weight excluding hydrogens is 613 g/mol. The minimum Gasteiger partial charge on any atom is -0.0533 e. The third kappa shape index (κ3) is 7.26. The molecule has 0 amide bonds. The Hall–Kier alpha value is 0. The topological polar surface area (TPSA) is 0 Å². The molecule has 10 aliphatic carbocycles. The van der Waals surface area contributed by atoms with Crippen LogP contribution in [-0.4, -0.2) is 0 Å². The summed E-state index contributed by atoms with van der Waals surface area (Å²) in [5, 5.41) is 0. The summed E-state index contributed by atoms with van der Waals surface area (Å²) < 4.78 is 0. The molecule has 0 aliphatic heterocycles. The molecule has 0 radical (unpaired) electrons. The second-order valence-electron chi connectivity index (χ2n) is 22.9. The first kappa shape index (κ1) is 35.4. The largest absolute Gasteiger partial charge is 0.0533 e. The normalized spacial score (nSPS) is 50.5. The zero-order valence-corrected chi connectivity index (χ0v) is 33.7. The monoisotopic (exact) mass is 697 g/mol. The Morgan fingerprint density at radius 1 is 0.157 bits per heavy atom. The molecule has 0 bridgehead atoms. The highest BCUT2D eigenvalue weighted by Gasteiger charge is 2.57. The van der Waals surface area contributed by atoms with E-state index in [-0.39, 0.29) is 0 Å². The summed E-state index contributed by atoms with van der Waals surface area (Å²) >= 11 is 0. The van der Waals surface area contributed by atoms with Crippen molar-refractivity contribution in [2.24, 2.45) is 107 Å². The second-order valence-corrected chi connectivity index (χ2v) is 22.9. The molecule has 15 atom stereocenters. The molecule has 0 saturated heterocycles. The van der Waals surface area contributed by atoms with E-state index in [2.05, 4.69) is 0 Å². The number of hydrogen-bond acceptors (Lipinski definition) is 0. The van der Waals surface area contributed by atoms with Gasteiger partial charge in [0.25, 0.3) is 0 Å². The Bertz CT molecular complexity index is 1100. The SMILES string of the molecule is C1CCC(C2CCC3CC(C4CC(C5CCCCC5)CC(C5CCC(C6CCCCC6)C6C7CC8CCCCC8CC7CC56)C4)CCC3C2)CC1. The fourth-order valence-electron chi connectivity index (χ4n) is 18.8. The van der Waals surface area contributed by atoms with E-state index in [0.29, 0.717) is 0 Å². The molecule has 51 heavy (non-hydrogen) atoms. The summed E-state index contributed by atoms with van der Waals surface area (Å²) in [6.45, 7) is 0. The van der Waals surface area contributed by atoms with E-state index in [1.807, 2.05) is 0 Å². The van der Waals surface area contributed by atoms with Crippen LogP contribution in [-0.2, 0) is 0 Å². The van der Waals surface area contributed by atoms with Crippen molar-refractivity contribution in [3.05, 3.63) is 0 Å². The van der Waals surface area contributed by atoms with Gasteiger partial charge in [-0.05, 0) is 196 Å². The molecule has 288 valence electrons. The third-order valence-corrected chi connectivity index (χ3v) is 21.0. The van der Waals surface area contributed by atoms with E-state index in [4.69, 9.17) is 0 Å². The molecule has 15 unspecified atom stereocenters. The molecule has 10 saturated carbocycles. The Morgan fingerprint density at radius 2 is 0.490 bits per heavy atom. The summed E-state index contributed by atoms with van der Waals surface area (Å²) in [6.07, 6.45) is 53.3. The Balaban J connectivity index is 0.875. The minimum atomic E-state index is 1.11. The predicted octanol–water partition coefficient (Wildman–Crippen LogP) is 15.1. The highest BCUT2D eigenvalue weighted by molar-refractivity contribution is 5.06. The van der Waals surface area contributed by atoms with Gasteiger partial charge in [0.15, 0.2) is 0 Å². The molecule has 0 nitrogen and oxygen atoms in total. The lowest BCUT2D eigenvalue weighted by Crippen LogP contribution is -2.45. The molecule has 10 aliphatic rings. The van der Waals surface area contributed by atoms with Gasteiger partial charge in [-0.3, -0.25) is 0 Å². The Morgan fingerprint density at radius 3 is 1.12 bits per heavy atom. The van der Waals surface area contributed by atoms with Gasteiger partial charge in [0.1, 0.15) is 0 Å². The Kier molecular flexibility index (Phi) is 11.0. The van der Waals surface area contributed by atoms with Crippen molar-refractivity contribution in [1.29, 1.82) is 0 Å². The maximum absolute atomic E-state index is 1.71. The summed E-state index contributed by atoms with van der Waals surface area (Å²) in [7, 11) is 0. The van der Waals surface area contributed by atoms with Crippen LogP contribution in [0.3, 0.4) is 0 Å². The van der Waals surface area contributed by atoms with Gasteiger partial charge in [0.05, 0.1) is 0 Å². The molecule has 0 heteroatoms. The van der Waals surface area contributed by atoms with Gasteiger partial charge in [-0.2, -0.15) is 0 Å². The molecule has 0 spiro atoms. The molecule has 0 aromatic carbocycles. The Labute approximate surface area is 317 Å². The van der Waals surface area contributed by atoms with Crippen molar-refractivity contribution in [3.63, 3.8) is 0 Å². The van der Waals surface area contributed by atoms with Gasteiger partial charge >= 0.3 is 0 Å². The average molecular weight is 697 g/mol. The molecule has 10 rings (SSSR count). The van der Waals surface area contributed by atoms with Crippen molar-refractivity contribution >= 4 is 0 Å². The average Bonchev–Trinajstić information content (AvgIpc) is 3.58. The zero-order valence-electron chi connectivity index (χ0n) is 33.7. The first-order valence-corrected chi connectivity index (χ1v) is 25.2. The van der Waals surface area contributed by atoms with Gasteiger partial charge < -0.3 is 0 Å². The standard InChI is InChI=1S/C51H84/c1-4-12-34(13-5-1)39-20-21-41-27-42(23-22-40(41)26-39)44-29-43(35-14-6-2-7-15-35)30-45(31-44)47-24-25-48(36-16-8-3-9-17-36)51-49-32-38-19-11-10-18-37(38)28-46(49)33-50(47)51/h34-51H,1-33H2.